The number of ether oxygens (including phenoxy) is 3. The minimum atomic E-state index is -3.75. The quantitative estimate of drug-likeness (QED) is 0.792. The van der Waals surface area contributed by atoms with Crippen molar-refractivity contribution in [3.63, 3.8) is 0 Å². The van der Waals surface area contributed by atoms with Crippen LogP contribution in [0.1, 0.15) is 15.9 Å². The highest BCUT2D eigenvalue weighted by Gasteiger charge is 2.45. The molecule has 3 rings (SSSR count). The van der Waals surface area contributed by atoms with Crippen LogP contribution >= 0.6 is 0 Å². The highest BCUT2D eigenvalue weighted by molar-refractivity contribution is 5.93. The van der Waals surface area contributed by atoms with Crippen molar-refractivity contribution in [2.45, 2.75) is 13.2 Å². The fourth-order valence-electron chi connectivity index (χ4n) is 2.23. The molecule has 1 aliphatic rings. The monoisotopic (exact) mass is 306 g/mol. The molecule has 0 unspecified atom stereocenters. The predicted octanol–water partition coefficient (Wildman–Crippen LogP) is 3.77. The topological polar surface area (TPSA) is 44.8 Å². The molecule has 0 radical (unpaired) electrons. The molecule has 0 bridgehead atoms. The van der Waals surface area contributed by atoms with Crippen LogP contribution in [-0.2, 0) is 4.74 Å². The van der Waals surface area contributed by atoms with E-state index < -0.39 is 12.3 Å². The number of carbonyl (C=O) groups is 1. The summed E-state index contributed by atoms with van der Waals surface area (Å²) in [7, 11) is 1.22. The third-order valence-corrected chi connectivity index (χ3v) is 3.29. The summed E-state index contributed by atoms with van der Waals surface area (Å²) >= 11 is 0. The maximum Gasteiger partial charge on any atom is 0.586 e. The van der Waals surface area contributed by atoms with E-state index in [0.717, 1.165) is 5.56 Å². The Morgan fingerprint density at radius 3 is 2.45 bits per heavy atom. The van der Waals surface area contributed by atoms with Gasteiger partial charge in [-0.1, -0.05) is 29.8 Å². The van der Waals surface area contributed by atoms with Crippen molar-refractivity contribution in [1.82, 2.24) is 0 Å². The van der Waals surface area contributed by atoms with Crippen molar-refractivity contribution in [3.05, 3.63) is 47.5 Å². The van der Waals surface area contributed by atoms with E-state index in [9.17, 15) is 13.6 Å². The lowest BCUT2D eigenvalue weighted by molar-refractivity contribution is -0.286. The summed E-state index contributed by atoms with van der Waals surface area (Å²) in [4.78, 5) is 11.7. The van der Waals surface area contributed by atoms with E-state index in [0.29, 0.717) is 11.1 Å². The molecular weight excluding hydrogens is 294 g/mol. The van der Waals surface area contributed by atoms with Crippen LogP contribution < -0.4 is 9.47 Å². The Balaban J connectivity index is 2.18. The molecule has 4 nitrogen and oxygen atoms in total. The van der Waals surface area contributed by atoms with Crippen molar-refractivity contribution in [3.8, 4) is 22.6 Å². The van der Waals surface area contributed by atoms with E-state index in [4.69, 9.17) is 0 Å². The summed E-state index contributed by atoms with van der Waals surface area (Å²) < 4.78 is 40.4. The van der Waals surface area contributed by atoms with Gasteiger partial charge < -0.3 is 14.2 Å². The fourth-order valence-corrected chi connectivity index (χ4v) is 2.23. The number of hydrogen-bond acceptors (Lipinski definition) is 4. The van der Waals surface area contributed by atoms with Gasteiger partial charge in [0.15, 0.2) is 11.5 Å². The van der Waals surface area contributed by atoms with Crippen molar-refractivity contribution < 1.29 is 27.8 Å². The number of methoxy groups -OCH3 is 1. The number of alkyl halides is 2. The molecule has 0 aliphatic carbocycles. The molecular formula is C16H12F2O4. The zero-order chi connectivity index (χ0) is 15.9. The number of rotatable bonds is 2. The number of hydrogen-bond donors (Lipinski definition) is 0. The molecule has 1 heterocycles. The lowest BCUT2D eigenvalue weighted by Crippen LogP contribution is -2.26. The van der Waals surface area contributed by atoms with Gasteiger partial charge >= 0.3 is 12.3 Å². The van der Waals surface area contributed by atoms with Crippen LogP contribution in [0, 0.1) is 6.92 Å². The van der Waals surface area contributed by atoms with Crippen molar-refractivity contribution in [1.29, 1.82) is 0 Å². The maximum atomic E-state index is 13.4. The minimum Gasteiger partial charge on any atom is -0.465 e. The average Bonchev–Trinajstić information content (AvgIpc) is 2.80. The molecule has 0 amide bonds. The number of fused-ring (bicyclic) bond motifs is 1. The Morgan fingerprint density at radius 1 is 1.14 bits per heavy atom. The molecule has 0 fully saturated rings. The highest BCUT2D eigenvalue weighted by Crippen LogP contribution is 2.48. The van der Waals surface area contributed by atoms with Gasteiger partial charge in [0.05, 0.1) is 12.7 Å². The Labute approximate surface area is 125 Å². The van der Waals surface area contributed by atoms with E-state index in [2.05, 4.69) is 14.2 Å². The van der Waals surface area contributed by atoms with Crippen LogP contribution in [0.2, 0.25) is 0 Å². The third-order valence-electron chi connectivity index (χ3n) is 3.29. The summed E-state index contributed by atoms with van der Waals surface area (Å²) in [5.41, 5.74) is 2.11. The normalized spacial score (nSPS) is 14.7. The molecule has 0 spiro atoms. The number of carbonyl (C=O) groups excluding carboxylic acids is 1. The molecule has 6 heteroatoms. The number of aryl methyl sites for hydroxylation is 1. The molecule has 0 atom stereocenters. The lowest BCUT2D eigenvalue weighted by atomic mass is 10.00. The standard InChI is InChI=1S/C16H12F2O4/c1-9-3-5-10(6-4-9)12-7-11(15(19)20-2)8-13-14(12)22-16(17,18)21-13/h3-8H,1-2H3. The summed E-state index contributed by atoms with van der Waals surface area (Å²) in [5.74, 6) is -0.931. The Hall–Kier alpha value is -2.63. The summed E-state index contributed by atoms with van der Waals surface area (Å²) in [5, 5.41) is 0. The molecule has 0 N–H and O–H groups in total. The van der Waals surface area contributed by atoms with Crippen molar-refractivity contribution in [2.24, 2.45) is 0 Å². The van der Waals surface area contributed by atoms with Gasteiger partial charge in [-0.05, 0) is 24.6 Å². The van der Waals surface area contributed by atoms with E-state index >= 15 is 0 Å². The molecule has 0 saturated carbocycles. The second-order valence-corrected chi connectivity index (χ2v) is 4.88. The molecule has 114 valence electrons. The fraction of sp³-hybridized carbons (Fsp3) is 0.188. The first kappa shape index (κ1) is 14.3. The maximum absolute atomic E-state index is 13.4. The molecule has 0 saturated heterocycles. The predicted molar refractivity (Wildman–Crippen MR) is 74.2 cm³/mol. The van der Waals surface area contributed by atoms with Gasteiger partial charge in [-0.2, -0.15) is 0 Å². The van der Waals surface area contributed by atoms with Crippen LogP contribution in [0.3, 0.4) is 0 Å². The van der Waals surface area contributed by atoms with Gasteiger partial charge in [-0.15, -0.1) is 8.78 Å². The third kappa shape index (κ3) is 2.47. The van der Waals surface area contributed by atoms with Gasteiger partial charge in [0.1, 0.15) is 0 Å². The van der Waals surface area contributed by atoms with Crippen LogP contribution in [0.5, 0.6) is 11.5 Å². The molecule has 0 aromatic heterocycles. The Morgan fingerprint density at radius 2 is 1.82 bits per heavy atom. The van der Waals surface area contributed by atoms with E-state index in [1.807, 2.05) is 19.1 Å². The van der Waals surface area contributed by atoms with Gasteiger partial charge in [0, 0.05) is 5.56 Å². The minimum absolute atomic E-state index is 0.0958. The second kappa shape index (κ2) is 4.98. The van der Waals surface area contributed by atoms with Crippen LogP contribution in [0.4, 0.5) is 8.78 Å². The Bertz CT molecular complexity index is 739. The second-order valence-electron chi connectivity index (χ2n) is 4.88. The number of halogens is 2. The van der Waals surface area contributed by atoms with E-state index in [1.165, 1.54) is 19.2 Å². The molecule has 22 heavy (non-hydrogen) atoms. The van der Waals surface area contributed by atoms with Crippen LogP contribution in [0.15, 0.2) is 36.4 Å². The zero-order valence-corrected chi connectivity index (χ0v) is 11.9. The first-order valence-electron chi connectivity index (χ1n) is 6.49. The lowest BCUT2D eigenvalue weighted by Gasteiger charge is -2.09. The van der Waals surface area contributed by atoms with Crippen molar-refractivity contribution >= 4 is 5.97 Å². The smallest absolute Gasteiger partial charge is 0.465 e. The summed E-state index contributed by atoms with van der Waals surface area (Å²) in [6, 6.07) is 9.80. The van der Waals surface area contributed by atoms with Crippen LogP contribution in [-0.4, -0.2) is 19.4 Å². The highest BCUT2D eigenvalue weighted by atomic mass is 19.3. The summed E-state index contributed by atoms with van der Waals surface area (Å²) in [6.45, 7) is 1.91. The van der Waals surface area contributed by atoms with Crippen molar-refractivity contribution in [2.75, 3.05) is 7.11 Å². The molecule has 2 aromatic carbocycles. The number of benzene rings is 2. The van der Waals surface area contributed by atoms with Gasteiger partial charge in [-0.3, -0.25) is 0 Å². The van der Waals surface area contributed by atoms with Gasteiger partial charge in [0.2, 0.25) is 0 Å². The van der Waals surface area contributed by atoms with E-state index in [1.54, 1.807) is 12.1 Å². The Kier molecular flexibility index (Phi) is 3.24. The molecule has 2 aromatic rings. The average molecular weight is 306 g/mol. The SMILES string of the molecule is COC(=O)c1cc2c(c(-c3ccc(C)cc3)c1)OC(F)(F)O2. The first-order valence-corrected chi connectivity index (χ1v) is 6.49. The first-order chi connectivity index (χ1) is 10.4. The molecule has 1 aliphatic heterocycles. The van der Waals surface area contributed by atoms with Gasteiger partial charge in [-0.25, -0.2) is 4.79 Å². The van der Waals surface area contributed by atoms with E-state index in [-0.39, 0.29) is 17.1 Å². The number of esters is 1. The van der Waals surface area contributed by atoms with Crippen LogP contribution in [0.25, 0.3) is 11.1 Å². The zero-order valence-electron chi connectivity index (χ0n) is 11.9. The largest absolute Gasteiger partial charge is 0.586 e. The van der Waals surface area contributed by atoms with Gasteiger partial charge in [0.25, 0.3) is 0 Å². The summed E-state index contributed by atoms with van der Waals surface area (Å²) in [6.07, 6.45) is -3.75.